The minimum atomic E-state index is -1.06. The number of nitrogens with one attached hydrogen (secondary N) is 1. The molecule has 0 atom stereocenters. The van der Waals surface area contributed by atoms with Gasteiger partial charge in [0.05, 0.1) is 16.9 Å². The van der Waals surface area contributed by atoms with Crippen LogP contribution in [0.15, 0.2) is 91.1 Å². The molecule has 7 rings (SSSR count). The number of hydrogen-bond acceptors (Lipinski definition) is 4. The summed E-state index contributed by atoms with van der Waals surface area (Å²) in [4.78, 5) is 30.6. The number of pyridine rings is 1. The van der Waals surface area contributed by atoms with Crippen LogP contribution in [-0.2, 0) is 32.2 Å². The van der Waals surface area contributed by atoms with Crippen molar-refractivity contribution in [1.29, 1.82) is 0 Å². The largest absolute Gasteiger partial charge is 0.478 e. The number of fused-ring (bicyclic) bond motifs is 3. The number of para-hydroxylation sites is 1. The smallest absolute Gasteiger partial charge is 0.337 e. The van der Waals surface area contributed by atoms with E-state index in [1.165, 1.54) is 11.6 Å². The number of nitrogens with zero attached hydrogens (tertiary/aromatic N) is 2. The number of aromatic nitrogens is 2. The van der Waals surface area contributed by atoms with Gasteiger partial charge in [0.1, 0.15) is 11.5 Å². The second-order valence-corrected chi connectivity index (χ2v) is 12.2. The summed E-state index contributed by atoms with van der Waals surface area (Å²) < 4.78 is 17.1. The highest BCUT2D eigenvalue weighted by Crippen LogP contribution is 2.44. The molecule has 1 amide bonds. The summed E-state index contributed by atoms with van der Waals surface area (Å²) in [7, 11) is 0. The monoisotopic (exact) mass is 600 g/mol. The van der Waals surface area contributed by atoms with Gasteiger partial charge in [0, 0.05) is 36.0 Å². The lowest BCUT2D eigenvalue weighted by Crippen LogP contribution is -2.27. The van der Waals surface area contributed by atoms with Crippen molar-refractivity contribution in [3.8, 4) is 16.9 Å². The normalized spacial score (nSPS) is 14.4. The molecule has 2 aromatic heterocycles. The van der Waals surface area contributed by atoms with Gasteiger partial charge in [0.15, 0.2) is 0 Å². The highest BCUT2D eigenvalue weighted by molar-refractivity contribution is 5.97. The van der Waals surface area contributed by atoms with E-state index in [0.717, 1.165) is 36.0 Å². The Morgan fingerprint density at radius 2 is 1.67 bits per heavy atom. The van der Waals surface area contributed by atoms with Crippen LogP contribution in [0.5, 0.6) is 0 Å². The average Bonchev–Trinajstić information content (AvgIpc) is 3.68. The number of amides is 1. The third-order valence-electron chi connectivity index (χ3n) is 8.90. The van der Waals surface area contributed by atoms with Crippen molar-refractivity contribution in [3.63, 3.8) is 0 Å². The van der Waals surface area contributed by atoms with Crippen molar-refractivity contribution in [2.45, 2.75) is 50.6 Å². The Labute approximate surface area is 260 Å². The quantitative estimate of drug-likeness (QED) is 0.191. The van der Waals surface area contributed by atoms with Gasteiger partial charge >= 0.3 is 5.97 Å². The van der Waals surface area contributed by atoms with Crippen molar-refractivity contribution < 1.29 is 19.1 Å². The highest BCUT2D eigenvalue weighted by atomic mass is 19.1. The van der Waals surface area contributed by atoms with Gasteiger partial charge in [-0.1, -0.05) is 66.7 Å². The van der Waals surface area contributed by atoms with E-state index in [2.05, 4.69) is 34.6 Å². The summed E-state index contributed by atoms with van der Waals surface area (Å²) in [6, 6.07) is 26.4. The Hall–Kier alpha value is -5.08. The lowest BCUT2D eigenvalue weighted by atomic mass is 9.88. The molecule has 2 heterocycles. The van der Waals surface area contributed by atoms with E-state index in [4.69, 9.17) is 5.73 Å². The van der Waals surface area contributed by atoms with E-state index in [1.54, 1.807) is 35.0 Å². The van der Waals surface area contributed by atoms with Crippen LogP contribution in [0.2, 0.25) is 0 Å². The van der Waals surface area contributed by atoms with Crippen LogP contribution in [0.1, 0.15) is 67.2 Å². The lowest BCUT2D eigenvalue weighted by molar-refractivity contribution is 0.0694. The number of nitrogens with two attached hydrogens (primary N) is 1. The molecule has 2 aliphatic carbocycles. The predicted octanol–water partition coefficient (Wildman–Crippen LogP) is 6.03. The van der Waals surface area contributed by atoms with Gasteiger partial charge in [-0.15, -0.1) is 0 Å². The Kier molecular flexibility index (Phi) is 7.30. The number of rotatable bonds is 9. The fourth-order valence-electron chi connectivity index (χ4n) is 6.43. The first-order chi connectivity index (χ1) is 21.8. The van der Waals surface area contributed by atoms with E-state index >= 15 is 4.39 Å². The SMILES string of the molecule is NC1(Cc2c(C(=O)O)c3c(n2-c2ccccc2F)-c2cc(C(=O)NCc4cccc(Cc5ccccc5)c4)ncc2CC3)CC1. The maximum absolute atomic E-state index is 15.4. The number of benzene rings is 3. The minimum absolute atomic E-state index is 0.175. The maximum atomic E-state index is 15.4. The first-order valence-corrected chi connectivity index (χ1v) is 15.2. The van der Waals surface area contributed by atoms with E-state index in [-0.39, 0.29) is 22.9 Å². The number of aryl methyl sites for hydroxylation is 1. The van der Waals surface area contributed by atoms with Gasteiger partial charge in [-0.05, 0) is 78.1 Å². The second kappa shape index (κ2) is 11.4. The summed E-state index contributed by atoms with van der Waals surface area (Å²) in [5.74, 6) is -1.88. The van der Waals surface area contributed by atoms with Crippen LogP contribution in [0.25, 0.3) is 16.9 Å². The molecule has 0 radical (unpaired) electrons. The zero-order valence-electron chi connectivity index (χ0n) is 24.7. The maximum Gasteiger partial charge on any atom is 0.337 e. The van der Waals surface area contributed by atoms with E-state index in [0.29, 0.717) is 48.3 Å². The van der Waals surface area contributed by atoms with Crippen molar-refractivity contribution in [1.82, 2.24) is 14.9 Å². The molecule has 45 heavy (non-hydrogen) atoms. The summed E-state index contributed by atoms with van der Waals surface area (Å²) in [6.45, 7) is 0.322. The number of hydrogen-bond donors (Lipinski definition) is 3. The molecule has 5 aromatic rings. The van der Waals surface area contributed by atoms with Gasteiger partial charge in [-0.3, -0.25) is 9.78 Å². The number of halogens is 1. The topological polar surface area (TPSA) is 110 Å². The molecule has 4 N–H and O–H groups in total. The molecule has 1 saturated carbocycles. The van der Waals surface area contributed by atoms with Crippen molar-refractivity contribution in [2.75, 3.05) is 0 Å². The first-order valence-electron chi connectivity index (χ1n) is 15.2. The molecule has 0 unspecified atom stereocenters. The molecule has 8 heteroatoms. The van der Waals surface area contributed by atoms with Crippen LogP contribution in [0.4, 0.5) is 4.39 Å². The predicted molar refractivity (Wildman–Crippen MR) is 170 cm³/mol. The molecule has 3 aromatic carbocycles. The molecule has 226 valence electrons. The molecule has 0 aliphatic heterocycles. The number of aromatic carboxylic acids is 1. The molecule has 7 nitrogen and oxygen atoms in total. The van der Waals surface area contributed by atoms with Crippen LogP contribution in [0, 0.1) is 5.82 Å². The summed E-state index contributed by atoms with van der Waals surface area (Å²) in [6.07, 6.45) is 5.36. The Morgan fingerprint density at radius 1 is 0.933 bits per heavy atom. The van der Waals surface area contributed by atoms with Crippen molar-refractivity contribution >= 4 is 11.9 Å². The third kappa shape index (κ3) is 5.65. The lowest BCUT2D eigenvalue weighted by Gasteiger charge is -2.22. The average molecular weight is 601 g/mol. The minimum Gasteiger partial charge on any atom is -0.478 e. The van der Waals surface area contributed by atoms with Crippen LogP contribution in [-0.4, -0.2) is 32.1 Å². The van der Waals surface area contributed by atoms with Gasteiger partial charge in [-0.2, -0.15) is 0 Å². The number of carboxylic acid groups (broad SMARTS) is 1. The molecule has 1 fully saturated rings. The van der Waals surface area contributed by atoms with Crippen LogP contribution in [0.3, 0.4) is 0 Å². The Bertz CT molecular complexity index is 1950. The standard InChI is InChI=1S/C37H33FN4O3/c38-29-11-4-5-12-31(29)42-32(20-37(39)15-16-37)33(36(44)45)27-14-13-26-22-40-30(19-28(26)34(27)42)35(43)41-21-25-10-6-9-24(18-25)17-23-7-2-1-3-8-23/h1-12,18-19,22H,13-17,20-21,39H2,(H,41,43)(H,44,45). The van der Waals surface area contributed by atoms with Crippen LogP contribution >= 0.6 is 0 Å². The number of carbonyl (C=O) groups is 2. The summed E-state index contributed by atoms with van der Waals surface area (Å²) in [5.41, 5.74) is 13.2. The summed E-state index contributed by atoms with van der Waals surface area (Å²) in [5, 5.41) is 13.4. The van der Waals surface area contributed by atoms with Crippen molar-refractivity contribution in [3.05, 3.63) is 142 Å². The summed E-state index contributed by atoms with van der Waals surface area (Å²) >= 11 is 0. The molecular weight excluding hydrogens is 567 g/mol. The third-order valence-corrected chi connectivity index (χ3v) is 8.90. The highest BCUT2D eigenvalue weighted by Gasteiger charge is 2.42. The Balaban J connectivity index is 1.23. The fraction of sp³-hybridized carbons (Fsp3) is 0.216. The zero-order chi connectivity index (χ0) is 31.1. The van der Waals surface area contributed by atoms with E-state index in [9.17, 15) is 14.7 Å². The van der Waals surface area contributed by atoms with Gasteiger partial charge in [0.25, 0.3) is 5.91 Å². The second-order valence-electron chi connectivity index (χ2n) is 12.2. The van der Waals surface area contributed by atoms with E-state index < -0.39 is 17.3 Å². The van der Waals surface area contributed by atoms with E-state index in [1.807, 2.05) is 30.3 Å². The molecule has 0 bridgehead atoms. The Morgan fingerprint density at radius 3 is 2.42 bits per heavy atom. The van der Waals surface area contributed by atoms with Crippen molar-refractivity contribution in [2.24, 2.45) is 5.73 Å². The zero-order valence-corrected chi connectivity index (χ0v) is 24.7. The number of carbonyl (C=O) groups excluding carboxylic acids is 1. The van der Waals surface area contributed by atoms with Crippen LogP contribution < -0.4 is 11.1 Å². The molecular formula is C37H33FN4O3. The molecule has 2 aliphatic rings. The fourth-order valence-corrected chi connectivity index (χ4v) is 6.43. The molecule has 0 saturated heterocycles. The number of carboxylic acids is 1. The van der Waals surface area contributed by atoms with Gasteiger partial charge in [0.2, 0.25) is 0 Å². The van der Waals surface area contributed by atoms with Gasteiger partial charge < -0.3 is 20.7 Å². The first kappa shape index (κ1) is 28.7. The molecule has 0 spiro atoms. The van der Waals surface area contributed by atoms with Gasteiger partial charge in [-0.25, -0.2) is 9.18 Å².